The van der Waals surface area contributed by atoms with E-state index in [0.717, 1.165) is 4.57 Å². The number of halogens is 2. The van der Waals surface area contributed by atoms with Gasteiger partial charge < -0.3 is 4.90 Å². The molecule has 7 nitrogen and oxygen atoms in total. The molecule has 146 valence electrons. The van der Waals surface area contributed by atoms with Gasteiger partial charge in [-0.3, -0.25) is 9.47 Å². The van der Waals surface area contributed by atoms with Gasteiger partial charge in [-0.05, 0) is 20.9 Å². The summed E-state index contributed by atoms with van der Waals surface area (Å²) < 4.78 is 57.0. The molecule has 0 N–H and O–H groups in total. The van der Waals surface area contributed by atoms with Crippen LogP contribution >= 0.6 is 0 Å². The predicted octanol–water partition coefficient (Wildman–Crippen LogP) is 0.816. The first-order valence-electron chi connectivity index (χ1n) is 8.62. The summed E-state index contributed by atoms with van der Waals surface area (Å²) in [4.78, 5) is 19.6. The third kappa shape index (κ3) is 2.42. The van der Waals surface area contributed by atoms with Gasteiger partial charge in [0.15, 0.2) is 15.7 Å². The molecule has 2 aliphatic heterocycles. The van der Waals surface area contributed by atoms with Crippen molar-refractivity contribution in [2.75, 3.05) is 30.8 Å². The van der Waals surface area contributed by atoms with Crippen LogP contribution in [0.2, 0.25) is 0 Å². The van der Waals surface area contributed by atoms with Gasteiger partial charge >= 0.3 is 5.69 Å². The molecule has 0 spiro atoms. The Labute approximate surface area is 155 Å². The maximum Gasteiger partial charge on any atom is 0.349 e. The van der Waals surface area contributed by atoms with E-state index in [1.54, 1.807) is 4.90 Å². The zero-order chi connectivity index (χ0) is 19.8. The van der Waals surface area contributed by atoms with Gasteiger partial charge in [0.05, 0.1) is 22.7 Å². The van der Waals surface area contributed by atoms with Crippen LogP contribution in [0.1, 0.15) is 12.5 Å². The molecule has 0 radical (unpaired) electrons. The van der Waals surface area contributed by atoms with Crippen molar-refractivity contribution in [1.29, 1.82) is 0 Å². The third-order valence-electron chi connectivity index (χ3n) is 5.72. The Kier molecular flexibility index (Phi) is 3.87. The number of hydrogen-bond donors (Lipinski definition) is 0. The number of benzene rings is 1. The SMILES string of the molecule is Cc1c(F)c2c3c(nc(=O)n(C)c3c1F)N1CC(C)N(C)CC1CS2(=O)=O. The molecule has 0 bridgehead atoms. The molecular weight excluding hydrogens is 378 g/mol. The first-order chi connectivity index (χ1) is 12.5. The fourth-order valence-corrected chi connectivity index (χ4v) is 5.92. The number of aryl methyl sites for hydroxylation is 1. The first-order valence-corrected chi connectivity index (χ1v) is 10.3. The minimum absolute atomic E-state index is 0.0481. The van der Waals surface area contributed by atoms with E-state index in [-0.39, 0.29) is 28.5 Å². The lowest BCUT2D eigenvalue weighted by Gasteiger charge is -2.43. The molecule has 2 atom stereocenters. The predicted molar refractivity (Wildman–Crippen MR) is 96.9 cm³/mol. The average Bonchev–Trinajstić information content (AvgIpc) is 2.66. The highest BCUT2D eigenvalue weighted by atomic mass is 32.2. The number of likely N-dealkylation sites (N-methyl/N-ethyl adjacent to an activating group) is 1. The van der Waals surface area contributed by atoms with E-state index in [1.165, 1.54) is 14.0 Å². The minimum atomic E-state index is -4.06. The fraction of sp³-hybridized carbons (Fsp3) is 0.529. The van der Waals surface area contributed by atoms with Crippen LogP contribution in [0.3, 0.4) is 0 Å². The van der Waals surface area contributed by atoms with Gasteiger partial charge in [-0.15, -0.1) is 0 Å². The zero-order valence-electron chi connectivity index (χ0n) is 15.5. The lowest BCUT2D eigenvalue weighted by Crippen LogP contribution is -2.58. The molecule has 10 heteroatoms. The van der Waals surface area contributed by atoms with E-state index < -0.39 is 43.7 Å². The molecule has 2 aliphatic rings. The summed E-state index contributed by atoms with van der Waals surface area (Å²) in [6.07, 6.45) is 0. The number of aromatic nitrogens is 2. The number of piperazine rings is 1. The van der Waals surface area contributed by atoms with E-state index in [2.05, 4.69) is 4.98 Å². The van der Waals surface area contributed by atoms with Crippen molar-refractivity contribution in [3.05, 3.63) is 27.7 Å². The Morgan fingerprint density at radius 3 is 2.48 bits per heavy atom. The van der Waals surface area contributed by atoms with Crippen molar-refractivity contribution in [2.45, 2.75) is 30.8 Å². The molecule has 4 rings (SSSR count). The monoisotopic (exact) mass is 398 g/mol. The molecule has 2 aromatic rings. The standard InChI is InChI=1S/C17H20F2N4O3S/c1-8-5-23-10(6-21(8)3)7-27(25,26)15-11-14(12(18)9(2)13(15)19)22(4)17(24)20-16(11)23/h8,10H,5-7H2,1-4H3. The molecule has 1 aromatic heterocycles. The summed E-state index contributed by atoms with van der Waals surface area (Å²) in [5.74, 6) is -2.32. The molecule has 3 heterocycles. The highest BCUT2D eigenvalue weighted by Crippen LogP contribution is 2.40. The van der Waals surface area contributed by atoms with Crippen LogP contribution in [-0.4, -0.2) is 60.8 Å². The molecule has 0 amide bonds. The Morgan fingerprint density at radius 1 is 1.15 bits per heavy atom. The van der Waals surface area contributed by atoms with Crippen LogP contribution in [0.4, 0.5) is 14.6 Å². The summed E-state index contributed by atoms with van der Waals surface area (Å²) in [6.45, 7) is 3.96. The van der Waals surface area contributed by atoms with Gasteiger partial charge in [-0.25, -0.2) is 22.0 Å². The van der Waals surface area contributed by atoms with Crippen molar-refractivity contribution in [1.82, 2.24) is 14.5 Å². The Morgan fingerprint density at radius 2 is 1.81 bits per heavy atom. The number of nitrogens with zero attached hydrogens (tertiary/aromatic N) is 4. The highest BCUT2D eigenvalue weighted by Gasteiger charge is 2.42. The van der Waals surface area contributed by atoms with Crippen LogP contribution in [0.15, 0.2) is 9.69 Å². The second kappa shape index (κ2) is 5.71. The van der Waals surface area contributed by atoms with E-state index in [0.29, 0.717) is 13.1 Å². The van der Waals surface area contributed by atoms with Crippen molar-refractivity contribution < 1.29 is 17.2 Å². The van der Waals surface area contributed by atoms with Crippen LogP contribution < -0.4 is 10.6 Å². The van der Waals surface area contributed by atoms with E-state index in [1.807, 2.05) is 18.9 Å². The highest BCUT2D eigenvalue weighted by molar-refractivity contribution is 7.91. The van der Waals surface area contributed by atoms with Crippen molar-refractivity contribution in [2.24, 2.45) is 7.05 Å². The minimum Gasteiger partial charge on any atom is -0.349 e. The summed E-state index contributed by atoms with van der Waals surface area (Å²) in [5.41, 5.74) is -1.36. The van der Waals surface area contributed by atoms with Crippen molar-refractivity contribution in [3.63, 3.8) is 0 Å². The van der Waals surface area contributed by atoms with E-state index in [9.17, 15) is 22.0 Å². The topological polar surface area (TPSA) is 75.5 Å². The maximum atomic E-state index is 15.0. The van der Waals surface area contributed by atoms with Crippen molar-refractivity contribution >= 4 is 26.6 Å². The Bertz CT molecular complexity index is 1150. The summed E-state index contributed by atoms with van der Waals surface area (Å²) in [6, 6.07) is -0.444. The van der Waals surface area contributed by atoms with Gasteiger partial charge in [-0.1, -0.05) is 0 Å². The molecule has 1 saturated heterocycles. The van der Waals surface area contributed by atoms with Crippen LogP contribution in [-0.2, 0) is 16.9 Å². The number of sulfone groups is 1. The van der Waals surface area contributed by atoms with Gasteiger partial charge in [0.25, 0.3) is 0 Å². The van der Waals surface area contributed by atoms with Crippen LogP contribution in [0.25, 0.3) is 10.9 Å². The number of anilines is 1. The quantitative estimate of drug-likeness (QED) is 0.612. The molecule has 1 aromatic carbocycles. The average molecular weight is 398 g/mol. The van der Waals surface area contributed by atoms with Gasteiger partial charge in [-0.2, -0.15) is 4.98 Å². The smallest absolute Gasteiger partial charge is 0.349 e. The summed E-state index contributed by atoms with van der Waals surface area (Å²) in [7, 11) is -0.876. The number of hydrogen-bond acceptors (Lipinski definition) is 6. The van der Waals surface area contributed by atoms with E-state index >= 15 is 0 Å². The molecule has 0 saturated carbocycles. The second-order valence-electron chi connectivity index (χ2n) is 7.46. The summed E-state index contributed by atoms with van der Waals surface area (Å²) in [5, 5.41) is -0.142. The molecular formula is C17H20F2N4O3S. The lowest BCUT2D eigenvalue weighted by atomic mass is 10.1. The third-order valence-corrected chi connectivity index (χ3v) is 7.55. The van der Waals surface area contributed by atoms with Gasteiger partial charge in [0.1, 0.15) is 16.5 Å². The Balaban J connectivity index is 2.22. The normalized spacial score (nSPS) is 24.7. The molecule has 0 aliphatic carbocycles. The number of fused-ring (bicyclic) bond motifs is 2. The lowest BCUT2D eigenvalue weighted by molar-refractivity contribution is 0.206. The molecule has 27 heavy (non-hydrogen) atoms. The fourth-order valence-electron chi connectivity index (χ4n) is 4.03. The maximum absolute atomic E-state index is 15.0. The van der Waals surface area contributed by atoms with Crippen LogP contribution in [0, 0.1) is 18.6 Å². The largest absolute Gasteiger partial charge is 0.349 e. The first kappa shape index (κ1) is 18.3. The Hall–Kier alpha value is -2.07. The van der Waals surface area contributed by atoms with Crippen LogP contribution in [0.5, 0.6) is 0 Å². The van der Waals surface area contributed by atoms with Gasteiger partial charge in [0, 0.05) is 31.7 Å². The van der Waals surface area contributed by atoms with Gasteiger partial charge in [0.2, 0.25) is 0 Å². The second-order valence-corrected chi connectivity index (χ2v) is 9.43. The number of rotatable bonds is 0. The molecule has 1 fully saturated rings. The van der Waals surface area contributed by atoms with Crippen molar-refractivity contribution in [3.8, 4) is 0 Å². The summed E-state index contributed by atoms with van der Waals surface area (Å²) >= 11 is 0. The van der Waals surface area contributed by atoms with E-state index in [4.69, 9.17) is 0 Å². The molecule has 2 unspecified atom stereocenters. The zero-order valence-corrected chi connectivity index (χ0v) is 16.3.